The van der Waals surface area contributed by atoms with Gasteiger partial charge in [-0.2, -0.15) is 0 Å². The monoisotopic (exact) mass is 286 g/mol. The lowest BCUT2D eigenvalue weighted by atomic mass is 10.0. The van der Waals surface area contributed by atoms with Gasteiger partial charge in [-0.3, -0.25) is 0 Å². The number of halogens is 1. The van der Waals surface area contributed by atoms with E-state index in [1.54, 1.807) is 5.54 Å². The third-order valence-electron chi connectivity index (χ3n) is 3.81. The van der Waals surface area contributed by atoms with Gasteiger partial charge in [0.25, 0.3) is 0 Å². The van der Waals surface area contributed by atoms with Crippen molar-refractivity contribution in [2.24, 2.45) is 0 Å². The number of unbranched alkanes of at least 4 members (excludes halogenated alkanes) is 14. The molecule has 0 aliphatic heterocycles. The Bertz CT molecular complexity index is 175. The summed E-state index contributed by atoms with van der Waals surface area (Å²) in [6.45, 7) is 2.29. The largest absolute Gasteiger partial charge is 0.0933 e. The van der Waals surface area contributed by atoms with E-state index in [1.807, 2.05) is 0 Å². The van der Waals surface area contributed by atoms with Gasteiger partial charge >= 0.3 is 0 Å². The fraction of sp³-hybridized carbons (Fsp3) is 0.889. The Morgan fingerprint density at radius 3 is 1.32 bits per heavy atom. The molecule has 0 aliphatic carbocycles. The van der Waals surface area contributed by atoms with Gasteiger partial charge in [0.2, 0.25) is 0 Å². The van der Waals surface area contributed by atoms with E-state index in [0.29, 0.717) is 0 Å². The maximum absolute atomic E-state index is 5.48. The summed E-state index contributed by atoms with van der Waals surface area (Å²) in [7, 11) is 0. The molecule has 0 nitrogen and oxygen atoms in total. The molecule has 0 bridgehead atoms. The van der Waals surface area contributed by atoms with Gasteiger partial charge in [0, 0.05) is 5.54 Å². The second-order valence-electron chi connectivity index (χ2n) is 5.75. The number of hydrogen-bond acceptors (Lipinski definition) is 0. The van der Waals surface area contributed by atoms with Crippen molar-refractivity contribution in [2.75, 3.05) is 0 Å². The Balaban J connectivity index is 2.91. The molecular formula is C18H35Cl. The molecule has 0 atom stereocenters. The van der Waals surface area contributed by atoms with E-state index in [4.69, 9.17) is 11.6 Å². The third kappa shape index (κ3) is 18.0. The minimum Gasteiger partial charge on any atom is -0.0933 e. The highest BCUT2D eigenvalue weighted by molar-refractivity contribution is 6.25. The Kier molecular flexibility index (Phi) is 18.1. The summed E-state index contributed by atoms with van der Waals surface area (Å²) < 4.78 is 0. The molecule has 0 amide bonds. The summed E-state index contributed by atoms with van der Waals surface area (Å²) in [4.78, 5) is 0. The van der Waals surface area contributed by atoms with E-state index in [2.05, 4.69) is 13.0 Å². The molecule has 0 aliphatic rings. The molecule has 0 radical (unpaired) electrons. The lowest BCUT2D eigenvalue weighted by Crippen LogP contribution is -1.83. The normalized spacial score (nSPS) is 11.5. The topological polar surface area (TPSA) is 0 Å². The first kappa shape index (κ1) is 19.0. The molecule has 0 saturated heterocycles. The van der Waals surface area contributed by atoms with Gasteiger partial charge in [-0.1, -0.05) is 108 Å². The SMILES string of the molecule is CCCCCCCCCCCCCCCCC=CCl. The molecule has 19 heavy (non-hydrogen) atoms. The highest BCUT2D eigenvalue weighted by Crippen LogP contribution is 2.13. The van der Waals surface area contributed by atoms with E-state index in [1.165, 1.54) is 89.9 Å². The van der Waals surface area contributed by atoms with E-state index in [0.717, 1.165) is 6.42 Å². The van der Waals surface area contributed by atoms with Gasteiger partial charge in [-0.15, -0.1) is 0 Å². The van der Waals surface area contributed by atoms with Crippen molar-refractivity contribution in [2.45, 2.75) is 103 Å². The van der Waals surface area contributed by atoms with Gasteiger partial charge in [0.1, 0.15) is 0 Å². The zero-order chi connectivity index (χ0) is 14.0. The standard InChI is InChI=1S/C18H35Cl/c1-2-3-4-5-6-7-8-9-10-11-12-13-14-15-16-17-18-19/h17-18H,2-16H2,1H3. The van der Waals surface area contributed by atoms with Gasteiger partial charge in [-0.25, -0.2) is 0 Å². The summed E-state index contributed by atoms with van der Waals surface area (Å²) in [5.74, 6) is 0. The highest BCUT2D eigenvalue weighted by atomic mass is 35.5. The second-order valence-corrected chi connectivity index (χ2v) is 6.00. The number of hydrogen-bond donors (Lipinski definition) is 0. The minimum absolute atomic E-state index is 1.15. The van der Waals surface area contributed by atoms with Gasteiger partial charge in [0.15, 0.2) is 0 Å². The molecule has 0 aromatic rings. The lowest BCUT2D eigenvalue weighted by molar-refractivity contribution is 0.536. The predicted octanol–water partition coefficient (Wildman–Crippen LogP) is 7.61. The van der Waals surface area contributed by atoms with Crippen molar-refractivity contribution in [1.29, 1.82) is 0 Å². The van der Waals surface area contributed by atoms with Crippen molar-refractivity contribution in [3.8, 4) is 0 Å². The maximum atomic E-state index is 5.48. The molecule has 0 spiro atoms. The summed E-state index contributed by atoms with van der Waals surface area (Å²) >= 11 is 5.48. The lowest BCUT2D eigenvalue weighted by Gasteiger charge is -2.02. The fourth-order valence-corrected chi connectivity index (χ4v) is 2.65. The molecule has 0 unspecified atom stereocenters. The molecule has 0 saturated carbocycles. The molecule has 114 valence electrons. The highest BCUT2D eigenvalue weighted by Gasteiger charge is 1.93. The van der Waals surface area contributed by atoms with Crippen LogP contribution in [-0.2, 0) is 0 Å². The fourth-order valence-electron chi connectivity index (χ4n) is 2.52. The summed E-state index contributed by atoms with van der Waals surface area (Å²) in [5.41, 5.74) is 1.64. The summed E-state index contributed by atoms with van der Waals surface area (Å²) in [6.07, 6.45) is 23.2. The van der Waals surface area contributed by atoms with Crippen LogP contribution < -0.4 is 0 Å². The quantitative estimate of drug-likeness (QED) is 0.272. The Labute approximate surface area is 127 Å². The van der Waals surface area contributed by atoms with Crippen LogP contribution in [0, 0.1) is 0 Å². The first-order chi connectivity index (χ1) is 9.41. The Hall–Kier alpha value is 0.0300. The zero-order valence-corrected chi connectivity index (χ0v) is 13.9. The van der Waals surface area contributed by atoms with Crippen molar-refractivity contribution >= 4 is 11.6 Å². The smallest absolute Gasteiger partial charge is 0.000245 e. The van der Waals surface area contributed by atoms with Crippen LogP contribution in [0.25, 0.3) is 0 Å². The van der Waals surface area contributed by atoms with Crippen molar-refractivity contribution < 1.29 is 0 Å². The van der Waals surface area contributed by atoms with Crippen molar-refractivity contribution in [3.63, 3.8) is 0 Å². The summed E-state index contributed by atoms with van der Waals surface area (Å²) in [5, 5.41) is 0. The first-order valence-electron chi connectivity index (χ1n) is 8.67. The average molecular weight is 287 g/mol. The number of allylic oxidation sites excluding steroid dienone is 1. The zero-order valence-electron chi connectivity index (χ0n) is 13.1. The Morgan fingerprint density at radius 2 is 0.947 bits per heavy atom. The molecule has 0 heterocycles. The average Bonchev–Trinajstić information content (AvgIpc) is 2.43. The molecule has 0 aromatic carbocycles. The molecule has 0 N–H and O–H groups in total. The van der Waals surface area contributed by atoms with E-state index in [-0.39, 0.29) is 0 Å². The van der Waals surface area contributed by atoms with Crippen LogP contribution in [0.5, 0.6) is 0 Å². The van der Waals surface area contributed by atoms with Gasteiger partial charge in [-0.05, 0) is 12.8 Å². The Morgan fingerprint density at radius 1 is 0.579 bits per heavy atom. The van der Waals surface area contributed by atoms with Crippen LogP contribution in [0.2, 0.25) is 0 Å². The van der Waals surface area contributed by atoms with E-state index in [9.17, 15) is 0 Å². The molecule has 1 heteroatoms. The third-order valence-corrected chi connectivity index (χ3v) is 3.99. The minimum atomic E-state index is 1.15. The second kappa shape index (κ2) is 18.0. The number of rotatable bonds is 15. The maximum Gasteiger partial charge on any atom is 0.000245 e. The van der Waals surface area contributed by atoms with Crippen molar-refractivity contribution in [3.05, 3.63) is 11.6 Å². The van der Waals surface area contributed by atoms with E-state index < -0.39 is 0 Å². The molecule has 0 rings (SSSR count). The van der Waals surface area contributed by atoms with Crippen LogP contribution in [0.1, 0.15) is 103 Å². The predicted molar refractivity (Wildman–Crippen MR) is 89.9 cm³/mol. The van der Waals surface area contributed by atoms with Gasteiger partial charge < -0.3 is 0 Å². The first-order valence-corrected chi connectivity index (χ1v) is 9.10. The van der Waals surface area contributed by atoms with Gasteiger partial charge in [0.05, 0.1) is 0 Å². The van der Waals surface area contributed by atoms with Crippen LogP contribution in [-0.4, -0.2) is 0 Å². The van der Waals surface area contributed by atoms with Crippen LogP contribution in [0.4, 0.5) is 0 Å². The van der Waals surface area contributed by atoms with Crippen LogP contribution in [0.15, 0.2) is 11.6 Å². The van der Waals surface area contributed by atoms with E-state index >= 15 is 0 Å². The summed E-state index contributed by atoms with van der Waals surface area (Å²) in [6, 6.07) is 0. The molecular weight excluding hydrogens is 252 g/mol. The van der Waals surface area contributed by atoms with Crippen LogP contribution in [0.3, 0.4) is 0 Å². The van der Waals surface area contributed by atoms with Crippen LogP contribution >= 0.6 is 11.6 Å². The molecule has 0 fully saturated rings. The molecule has 0 aromatic heterocycles. The van der Waals surface area contributed by atoms with Crippen molar-refractivity contribution in [1.82, 2.24) is 0 Å².